The van der Waals surface area contributed by atoms with Gasteiger partial charge in [-0.1, -0.05) is 12.1 Å². The highest BCUT2D eigenvalue weighted by molar-refractivity contribution is 8.00. The lowest BCUT2D eigenvalue weighted by atomic mass is 10.1. The normalized spacial score (nSPS) is 17.7. The summed E-state index contributed by atoms with van der Waals surface area (Å²) < 4.78 is 13.6. The zero-order valence-electron chi connectivity index (χ0n) is 16.1. The molecule has 0 bridgehead atoms. The summed E-state index contributed by atoms with van der Waals surface area (Å²) in [6.07, 6.45) is 0. The Morgan fingerprint density at radius 1 is 1.42 bits per heavy atom. The molecule has 0 aliphatic carbocycles. The highest BCUT2D eigenvalue weighted by Crippen LogP contribution is 2.38. The first-order chi connectivity index (χ1) is 12.1. The van der Waals surface area contributed by atoms with Crippen LogP contribution in [0.3, 0.4) is 0 Å². The minimum Gasteiger partial charge on any atom is -0.333 e. The van der Waals surface area contributed by atoms with Crippen molar-refractivity contribution in [1.82, 2.24) is 15.1 Å². The number of nitrogens with zero attached hydrogens (tertiary/aromatic N) is 2. The molecule has 0 aromatic heterocycles. The second kappa shape index (κ2) is 8.29. The average molecular weight is 382 g/mol. The molecule has 1 atom stereocenters. The smallest absolute Gasteiger partial charge is 0.318 e. The molecule has 1 heterocycles. The van der Waals surface area contributed by atoms with Crippen LogP contribution in [0.4, 0.5) is 9.18 Å². The van der Waals surface area contributed by atoms with Gasteiger partial charge < -0.3 is 15.1 Å². The third-order valence-corrected chi connectivity index (χ3v) is 5.31. The van der Waals surface area contributed by atoms with E-state index in [0.29, 0.717) is 18.8 Å². The van der Waals surface area contributed by atoms with Gasteiger partial charge in [0.2, 0.25) is 5.91 Å². The van der Waals surface area contributed by atoms with E-state index in [9.17, 15) is 14.0 Å². The van der Waals surface area contributed by atoms with Crippen LogP contribution in [0, 0.1) is 5.82 Å². The molecule has 7 heteroatoms. The van der Waals surface area contributed by atoms with E-state index in [1.165, 1.54) is 23.9 Å². The van der Waals surface area contributed by atoms with Crippen LogP contribution in [0.25, 0.3) is 0 Å². The number of benzene rings is 1. The number of thioether (sulfide) groups is 1. The van der Waals surface area contributed by atoms with E-state index in [1.54, 1.807) is 15.9 Å². The summed E-state index contributed by atoms with van der Waals surface area (Å²) in [7, 11) is 0. The van der Waals surface area contributed by atoms with Crippen molar-refractivity contribution < 1.29 is 14.0 Å². The molecule has 1 unspecified atom stereocenters. The number of halogens is 1. The van der Waals surface area contributed by atoms with Gasteiger partial charge in [-0.15, -0.1) is 11.8 Å². The standard InChI is InChI=1S/C19H28FN3O2S/c1-13(2)22(18(25)21-19(3,4)5)9-10-23-16(24)12-26-17(23)14-7-6-8-15(20)11-14/h6-8,11,13,17H,9-10,12H2,1-5H3,(H,21,25). The Morgan fingerprint density at radius 2 is 2.12 bits per heavy atom. The van der Waals surface area contributed by atoms with Gasteiger partial charge in [0.1, 0.15) is 11.2 Å². The van der Waals surface area contributed by atoms with Crippen LogP contribution < -0.4 is 5.32 Å². The van der Waals surface area contributed by atoms with Crippen LogP contribution in [0.1, 0.15) is 45.6 Å². The van der Waals surface area contributed by atoms with Crippen molar-refractivity contribution in [3.8, 4) is 0 Å². The second-order valence-electron chi connectivity index (χ2n) is 7.77. The van der Waals surface area contributed by atoms with E-state index >= 15 is 0 Å². The molecule has 1 saturated heterocycles. The Morgan fingerprint density at radius 3 is 2.69 bits per heavy atom. The fourth-order valence-electron chi connectivity index (χ4n) is 2.83. The average Bonchev–Trinajstić information content (AvgIpc) is 2.86. The lowest BCUT2D eigenvalue weighted by Crippen LogP contribution is -2.52. The third kappa shape index (κ3) is 5.37. The first-order valence-corrected chi connectivity index (χ1v) is 9.88. The minimum atomic E-state index is -0.326. The quantitative estimate of drug-likeness (QED) is 0.848. The van der Waals surface area contributed by atoms with Crippen LogP contribution in [-0.2, 0) is 4.79 Å². The monoisotopic (exact) mass is 381 g/mol. The summed E-state index contributed by atoms with van der Waals surface area (Å²) >= 11 is 1.49. The predicted octanol–water partition coefficient (Wildman–Crippen LogP) is 3.62. The fraction of sp³-hybridized carbons (Fsp3) is 0.579. The maximum Gasteiger partial charge on any atom is 0.318 e. The zero-order valence-corrected chi connectivity index (χ0v) is 16.9. The highest BCUT2D eigenvalue weighted by atomic mass is 32.2. The van der Waals surface area contributed by atoms with Gasteiger partial charge >= 0.3 is 6.03 Å². The zero-order chi connectivity index (χ0) is 19.5. The van der Waals surface area contributed by atoms with Crippen LogP contribution in [0.5, 0.6) is 0 Å². The molecule has 0 radical (unpaired) electrons. The molecule has 0 spiro atoms. The molecule has 2 rings (SSSR count). The molecule has 1 aliphatic heterocycles. The van der Waals surface area contributed by atoms with Crippen LogP contribution in [-0.4, -0.2) is 52.2 Å². The van der Waals surface area contributed by atoms with Crippen LogP contribution >= 0.6 is 11.8 Å². The molecular formula is C19H28FN3O2S. The molecule has 1 fully saturated rings. The Bertz CT molecular complexity index is 660. The van der Waals surface area contributed by atoms with Crippen molar-refractivity contribution in [2.24, 2.45) is 0 Å². The number of hydrogen-bond donors (Lipinski definition) is 1. The summed E-state index contributed by atoms with van der Waals surface area (Å²) in [6.45, 7) is 10.6. The van der Waals surface area contributed by atoms with Gasteiger partial charge in [-0.05, 0) is 52.3 Å². The minimum absolute atomic E-state index is 0.00956. The van der Waals surface area contributed by atoms with E-state index in [2.05, 4.69) is 5.32 Å². The summed E-state index contributed by atoms with van der Waals surface area (Å²) in [6, 6.07) is 6.22. The Balaban J connectivity index is 2.08. The van der Waals surface area contributed by atoms with Gasteiger partial charge in [0.25, 0.3) is 0 Å². The van der Waals surface area contributed by atoms with Crippen molar-refractivity contribution in [3.05, 3.63) is 35.6 Å². The Kier molecular flexibility index (Phi) is 6.55. The van der Waals surface area contributed by atoms with E-state index in [1.807, 2.05) is 40.7 Å². The third-order valence-electron chi connectivity index (χ3n) is 4.05. The molecule has 144 valence electrons. The lowest BCUT2D eigenvalue weighted by Gasteiger charge is -2.33. The molecule has 5 nitrogen and oxygen atoms in total. The topological polar surface area (TPSA) is 52.7 Å². The number of rotatable bonds is 5. The summed E-state index contributed by atoms with van der Waals surface area (Å²) in [5.41, 5.74) is 0.448. The first-order valence-electron chi connectivity index (χ1n) is 8.84. The fourth-order valence-corrected chi connectivity index (χ4v) is 4.04. The molecule has 3 amide bonds. The predicted molar refractivity (Wildman–Crippen MR) is 103 cm³/mol. The van der Waals surface area contributed by atoms with E-state index < -0.39 is 0 Å². The van der Waals surface area contributed by atoms with Gasteiger partial charge in [0.05, 0.1) is 5.75 Å². The number of urea groups is 1. The molecule has 1 aliphatic rings. The first kappa shape index (κ1) is 20.6. The Hall–Kier alpha value is -1.76. The Labute approximate surface area is 159 Å². The summed E-state index contributed by atoms with van der Waals surface area (Å²) in [5, 5.41) is 2.76. The maximum absolute atomic E-state index is 13.6. The lowest BCUT2D eigenvalue weighted by molar-refractivity contribution is -0.128. The number of hydrogen-bond acceptors (Lipinski definition) is 3. The van der Waals surface area contributed by atoms with E-state index in [0.717, 1.165) is 5.56 Å². The van der Waals surface area contributed by atoms with Crippen molar-refractivity contribution in [2.45, 2.75) is 51.6 Å². The molecule has 26 heavy (non-hydrogen) atoms. The maximum atomic E-state index is 13.6. The molecule has 1 N–H and O–H groups in total. The van der Waals surface area contributed by atoms with Crippen LogP contribution in [0.15, 0.2) is 24.3 Å². The van der Waals surface area contributed by atoms with E-state index in [4.69, 9.17) is 0 Å². The number of carbonyl (C=O) groups excluding carboxylic acids is 2. The number of nitrogens with one attached hydrogen (secondary N) is 1. The molecule has 1 aromatic carbocycles. The van der Waals surface area contributed by atoms with Crippen molar-refractivity contribution in [1.29, 1.82) is 0 Å². The van der Waals surface area contributed by atoms with Crippen molar-refractivity contribution in [3.63, 3.8) is 0 Å². The van der Waals surface area contributed by atoms with Gasteiger partial charge in [-0.2, -0.15) is 0 Å². The summed E-state index contributed by atoms with van der Waals surface area (Å²) in [5.74, 6) is 0.0804. The molecule has 0 saturated carbocycles. The van der Waals surface area contributed by atoms with Gasteiger partial charge in [0.15, 0.2) is 0 Å². The molecular weight excluding hydrogens is 353 g/mol. The van der Waals surface area contributed by atoms with Crippen molar-refractivity contribution in [2.75, 3.05) is 18.8 Å². The number of amides is 3. The van der Waals surface area contributed by atoms with Crippen molar-refractivity contribution >= 4 is 23.7 Å². The van der Waals surface area contributed by atoms with E-state index in [-0.39, 0.29) is 34.7 Å². The van der Waals surface area contributed by atoms with Gasteiger partial charge in [0, 0.05) is 24.7 Å². The second-order valence-corrected chi connectivity index (χ2v) is 8.84. The van der Waals surface area contributed by atoms with Crippen LogP contribution in [0.2, 0.25) is 0 Å². The SMILES string of the molecule is CC(C)N(CCN1C(=O)CSC1c1cccc(F)c1)C(=O)NC(C)(C)C. The van der Waals surface area contributed by atoms with Gasteiger partial charge in [-0.3, -0.25) is 4.79 Å². The highest BCUT2D eigenvalue weighted by Gasteiger charge is 2.33. The summed E-state index contributed by atoms with van der Waals surface area (Å²) in [4.78, 5) is 28.3. The number of carbonyl (C=O) groups is 2. The molecule has 1 aromatic rings. The largest absolute Gasteiger partial charge is 0.333 e. The van der Waals surface area contributed by atoms with Gasteiger partial charge in [-0.25, -0.2) is 9.18 Å².